The van der Waals surface area contributed by atoms with Gasteiger partial charge in [0.15, 0.2) is 0 Å². The van der Waals surface area contributed by atoms with Gasteiger partial charge in [-0.05, 0) is 49.4 Å². The van der Waals surface area contributed by atoms with Crippen LogP contribution in [0.25, 0.3) is 0 Å². The predicted molar refractivity (Wildman–Crippen MR) is 112 cm³/mol. The highest BCUT2D eigenvalue weighted by atomic mass is 16.6. The molecular weight excluding hydrogens is 386 g/mol. The van der Waals surface area contributed by atoms with E-state index in [0.717, 1.165) is 5.69 Å². The standard InChI is InChI=1S/C21H17N5O4/c1-14-4-2-6-18(23-14)13-22-25-21(28)15-8-10-17(11-9-15)24-20(27)16-5-3-7-19(12-16)26(29)30/h2-13H,1H3,(H,24,27)(H,25,28). The normalized spacial score (nSPS) is 10.6. The summed E-state index contributed by atoms with van der Waals surface area (Å²) in [5.74, 6) is -0.915. The van der Waals surface area contributed by atoms with E-state index < -0.39 is 16.7 Å². The summed E-state index contributed by atoms with van der Waals surface area (Å²) in [4.78, 5) is 38.9. The smallest absolute Gasteiger partial charge is 0.271 e. The molecule has 2 aromatic carbocycles. The SMILES string of the molecule is Cc1cccc(C=NNC(=O)c2ccc(NC(=O)c3cccc([N+](=O)[O-])c3)cc2)n1. The lowest BCUT2D eigenvalue weighted by Crippen LogP contribution is -2.18. The maximum absolute atomic E-state index is 12.3. The molecule has 1 aromatic heterocycles. The van der Waals surface area contributed by atoms with Crippen molar-refractivity contribution in [1.29, 1.82) is 0 Å². The molecule has 3 rings (SSSR count). The van der Waals surface area contributed by atoms with Gasteiger partial charge in [-0.1, -0.05) is 12.1 Å². The van der Waals surface area contributed by atoms with Gasteiger partial charge in [0.05, 0.1) is 16.8 Å². The molecule has 0 spiro atoms. The number of nitro groups is 1. The molecule has 0 saturated heterocycles. The van der Waals surface area contributed by atoms with Crippen LogP contribution in [0, 0.1) is 17.0 Å². The van der Waals surface area contributed by atoms with Gasteiger partial charge in [-0.15, -0.1) is 0 Å². The molecule has 0 aliphatic heterocycles. The van der Waals surface area contributed by atoms with Crippen molar-refractivity contribution in [2.75, 3.05) is 5.32 Å². The third kappa shape index (κ3) is 5.32. The summed E-state index contributed by atoms with van der Waals surface area (Å²) >= 11 is 0. The maximum Gasteiger partial charge on any atom is 0.271 e. The van der Waals surface area contributed by atoms with Gasteiger partial charge in [0.25, 0.3) is 17.5 Å². The number of non-ortho nitro benzene ring substituents is 1. The van der Waals surface area contributed by atoms with Gasteiger partial charge >= 0.3 is 0 Å². The lowest BCUT2D eigenvalue weighted by molar-refractivity contribution is -0.384. The maximum atomic E-state index is 12.3. The molecule has 0 bridgehead atoms. The molecule has 0 saturated carbocycles. The number of carbonyl (C=O) groups is 2. The Hall–Kier alpha value is -4.40. The van der Waals surface area contributed by atoms with E-state index in [4.69, 9.17) is 0 Å². The molecule has 0 radical (unpaired) electrons. The third-order valence-electron chi connectivity index (χ3n) is 4.00. The van der Waals surface area contributed by atoms with Crippen molar-refractivity contribution in [3.8, 4) is 0 Å². The quantitative estimate of drug-likeness (QED) is 0.371. The summed E-state index contributed by atoms with van der Waals surface area (Å²) in [6.45, 7) is 1.86. The van der Waals surface area contributed by atoms with Crippen molar-refractivity contribution < 1.29 is 14.5 Å². The van der Waals surface area contributed by atoms with Crippen LogP contribution in [-0.4, -0.2) is 27.9 Å². The fraction of sp³-hybridized carbons (Fsp3) is 0.0476. The number of anilines is 1. The number of nitro benzene ring substituents is 1. The Balaban J connectivity index is 1.60. The van der Waals surface area contributed by atoms with Crippen molar-refractivity contribution in [2.45, 2.75) is 6.92 Å². The van der Waals surface area contributed by atoms with E-state index in [1.807, 2.05) is 19.1 Å². The highest BCUT2D eigenvalue weighted by Crippen LogP contribution is 2.16. The zero-order valence-electron chi connectivity index (χ0n) is 15.9. The number of aromatic nitrogens is 1. The van der Waals surface area contributed by atoms with Crippen molar-refractivity contribution >= 4 is 29.4 Å². The average Bonchev–Trinajstić information content (AvgIpc) is 2.74. The van der Waals surface area contributed by atoms with Gasteiger partial charge < -0.3 is 5.32 Å². The lowest BCUT2D eigenvalue weighted by Gasteiger charge is -2.06. The molecule has 3 aromatic rings. The molecule has 9 heteroatoms. The van der Waals surface area contributed by atoms with Gasteiger partial charge in [0, 0.05) is 34.6 Å². The number of pyridine rings is 1. The summed E-state index contributed by atoms with van der Waals surface area (Å²) in [6, 6.07) is 17.0. The first-order chi connectivity index (χ1) is 14.4. The van der Waals surface area contributed by atoms with Crippen LogP contribution < -0.4 is 10.7 Å². The highest BCUT2D eigenvalue weighted by Gasteiger charge is 2.12. The second kappa shape index (κ2) is 9.20. The molecule has 0 aliphatic carbocycles. The molecule has 0 aliphatic rings. The Kier molecular flexibility index (Phi) is 6.23. The van der Waals surface area contributed by atoms with Crippen LogP contribution in [-0.2, 0) is 0 Å². The van der Waals surface area contributed by atoms with Gasteiger partial charge in [0.1, 0.15) is 0 Å². The number of carbonyl (C=O) groups excluding carboxylic acids is 2. The molecule has 150 valence electrons. The summed E-state index contributed by atoms with van der Waals surface area (Å²) in [5.41, 5.74) is 4.64. The number of hydrogen-bond donors (Lipinski definition) is 2. The van der Waals surface area contributed by atoms with Crippen LogP contribution >= 0.6 is 0 Å². The Bertz CT molecular complexity index is 1130. The Labute approximate surface area is 171 Å². The van der Waals surface area contributed by atoms with E-state index in [0.29, 0.717) is 16.9 Å². The summed E-state index contributed by atoms with van der Waals surface area (Å²) < 4.78 is 0. The van der Waals surface area contributed by atoms with Gasteiger partial charge in [0.2, 0.25) is 0 Å². The highest BCUT2D eigenvalue weighted by molar-refractivity contribution is 6.05. The minimum absolute atomic E-state index is 0.158. The van der Waals surface area contributed by atoms with Crippen molar-refractivity contribution in [3.63, 3.8) is 0 Å². The number of benzene rings is 2. The van der Waals surface area contributed by atoms with Gasteiger partial charge in [-0.2, -0.15) is 5.10 Å². The van der Waals surface area contributed by atoms with E-state index in [1.165, 1.54) is 42.6 Å². The largest absolute Gasteiger partial charge is 0.322 e. The third-order valence-corrected chi connectivity index (χ3v) is 4.00. The van der Waals surface area contributed by atoms with Crippen LogP contribution in [0.3, 0.4) is 0 Å². The van der Waals surface area contributed by atoms with E-state index in [-0.39, 0.29) is 11.3 Å². The van der Waals surface area contributed by atoms with Crippen molar-refractivity contribution in [1.82, 2.24) is 10.4 Å². The van der Waals surface area contributed by atoms with Crippen LogP contribution in [0.15, 0.2) is 71.8 Å². The van der Waals surface area contributed by atoms with Crippen molar-refractivity contribution in [3.05, 3.63) is 99.4 Å². The fourth-order valence-electron chi connectivity index (χ4n) is 2.53. The molecule has 30 heavy (non-hydrogen) atoms. The monoisotopic (exact) mass is 403 g/mol. The molecule has 0 unspecified atom stereocenters. The number of nitrogens with one attached hydrogen (secondary N) is 2. The second-order valence-electron chi connectivity index (χ2n) is 6.24. The lowest BCUT2D eigenvalue weighted by atomic mass is 10.1. The van der Waals surface area contributed by atoms with Crippen LogP contribution in [0.1, 0.15) is 32.1 Å². The van der Waals surface area contributed by atoms with Crippen LogP contribution in [0.4, 0.5) is 11.4 Å². The Morgan fingerprint density at radius 3 is 2.43 bits per heavy atom. The zero-order valence-corrected chi connectivity index (χ0v) is 15.9. The average molecular weight is 403 g/mol. The summed E-state index contributed by atoms with van der Waals surface area (Å²) in [6.07, 6.45) is 1.44. The number of hydrazone groups is 1. The number of hydrogen-bond acceptors (Lipinski definition) is 6. The number of aryl methyl sites for hydroxylation is 1. The van der Waals surface area contributed by atoms with Gasteiger partial charge in [-0.25, -0.2) is 5.43 Å². The summed E-state index contributed by atoms with van der Waals surface area (Å²) in [7, 11) is 0. The van der Waals surface area contributed by atoms with Crippen molar-refractivity contribution in [2.24, 2.45) is 5.10 Å². The van der Waals surface area contributed by atoms with E-state index in [2.05, 4.69) is 20.8 Å². The first-order valence-electron chi connectivity index (χ1n) is 8.85. The number of amides is 2. The predicted octanol–water partition coefficient (Wildman–Crippen LogP) is 3.31. The molecule has 0 atom stereocenters. The first kappa shape index (κ1) is 20.3. The minimum atomic E-state index is -0.568. The van der Waals surface area contributed by atoms with E-state index in [9.17, 15) is 19.7 Å². The van der Waals surface area contributed by atoms with Crippen LogP contribution in [0.2, 0.25) is 0 Å². The van der Waals surface area contributed by atoms with E-state index in [1.54, 1.807) is 18.2 Å². The second-order valence-corrected chi connectivity index (χ2v) is 6.24. The molecule has 2 N–H and O–H groups in total. The zero-order chi connectivity index (χ0) is 21.5. The Morgan fingerprint density at radius 1 is 1.00 bits per heavy atom. The first-order valence-corrected chi connectivity index (χ1v) is 8.85. The topological polar surface area (TPSA) is 127 Å². The molecule has 2 amide bonds. The van der Waals surface area contributed by atoms with E-state index >= 15 is 0 Å². The van der Waals surface area contributed by atoms with Crippen LogP contribution in [0.5, 0.6) is 0 Å². The molecule has 9 nitrogen and oxygen atoms in total. The molecular formula is C21H17N5O4. The number of rotatable bonds is 6. The minimum Gasteiger partial charge on any atom is -0.322 e. The molecule has 0 fully saturated rings. The summed E-state index contributed by atoms with van der Waals surface area (Å²) in [5, 5.41) is 17.3. The molecule has 1 heterocycles. The number of nitrogens with zero attached hydrogens (tertiary/aromatic N) is 3. The Morgan fingerprint density at radius 2 is 1.73 bits per heavy atom. The van der Waals surface area contributed by atoms with Gasteiger partial charge in [-0.3, -0.25) is 24.7 Å². The fourth-order valence-corrected chi connectivity index (χ4v) is 2.53.